The van der Waals surface area contributed by atoms with Crippen molar-refractivity contribution < 1.29 is 23.6 Å². The van der Waals surface area contributed by atoms with Crippen LogP contribution in [0.3, 0.4) is 0 Å². The van der Waals surface area contributed by atoms with Gasteiger partial charge in [0.2, 0.25) is 5.78 Å². The molecule has 3 heterocycles. The highest BCUT2D eigenvalue weighted by molar-refractivity contribution is 6.00. The number of rotatable bonds is 5. The van der Waals surface area contributed by atoms with Gasteiger partial charge in [-0.2, -0.15) is 4.57 Å². The number of pyridine rings is 1. The van der Waals surface area contributed by atoms with Crippen molar-refractivity contribution >= 4 is 11.5 Å². The molecule has 1 aliphatic rings. The van der Waals surface area contributed by atoms with E-state index in [9.17, 15) is 23.9 Å². The number of Topliss-reactive ketones (excluding diaryl/α,β-unsaturated/α-hetero) is 1. The fourth-order valence-electron chi connectivity index (χ4n) is 3.91. The Morgan fingerprint density at radius 3 is 2.24 bits per heavy atom. The average molecular weight is 454 g/mol. The summed E-state index contributed by atoms with van der Waals surface area (Å²) in [6.45, 7) is 2.64. The first-order valence-corrected chi connectivity index (χ1v) is 10.4. The lowest BCUT2D eigenvalue weighted by Crippen LogP contribution is -2.50. The largest absolute Gasteiger partial charge is 0.859 e. The second-order valence-electron chi connectivity index (χ2n) is 7.80. The molecule has 172 valence electrons. The van der Waals surface area contributed by atoms with E-state index in [1.165, 1.54) is 30.8 Å². The summed E-state index contributed by atoms with van der Waals surface area (Å²) < 4.78 is 21.8. The molecule has 0 bridgehead atoms. The highest BCUT2D eigenvalue weighted by Gasteiger charge is 2.35. The smallest absolute Gasteiger partial charge is 0.329 e. The third-order valence-electron chi connectivity index (χ3n) is 5.80. The summed E-state index contributed by atoms with van der Waals surface area (Å²) in [5.74, 6) is -1.95. The summed E-state index contributed by atoms with van der Waals surface area (Å²) >= 11 is 0. The standard InChI is InChI=1S/C23H23FN4O5/c1-25-21(30)18(22(31)26(2)23(25)32)19(20(29)15-3-5-16(24)6-4-15)28-9-7-17(8-10-28)27-11-13-33-14-12-27/h3-10,19H,11-14H2,1-2H3. The van der Waals surface area contributed by atoms with Crippen LogP contribution in [0.25, 0.3) is 0 Å². The van der Waals surface area contributed by atoms with Crippen molar-refractivity contribution in [2.45, 2.75) is 6.04 Å². The number of aromatic nitrogens is 3. The van der Waals surface area contributed by atoms with E-state index >= 15 is 0 Å². The van der Waals surface area contributed by atoms with Gasteiger partial charge in [-0.1, -0.05) is 0 Å². The summed E-state index contributed by atoms with van der Waals surface area (Å²) in [6.07, 6.45) is 3.22. The maximum absolute atomic E-state index is 13.5. The van der Waals surface area contributed by atoms with Gasteiger partial charge in [0.1, 0.15) is 11.4 Å². The molecule has 4 rings (SSSR count). The third kappa shape index (κ3) is 4.17. The van der Waals surface area contributed by atoms with Gasteiger partial charge in [0.15, 0.2) is 12.4 Å². The molecule has 3 aromatic rings. The monoisotopic (exact) mass is 454 g/mol. The summed E-state index contributed by atoms with van der Waals surface area (Å²) in [6, 6.07) is 7.09. The van der Waals surface area contributed by atoms with Gasteiger partial charge in [-0.25, -0.2) is 9.18 Å². The number of ketones is 1. The van der Waals surface area contributed by atoms with Crippen LogP contribution in [0.2, 0.25) is 0 Å². The van der Waals surface area contributed by atoms with Gasteiger partial charge in [0, 0.05) is 50.6 Å². The van der Waals surface area contributed by atoms with E-state index in [0.29, 0.717) is 26.3 Å². The molecule has 1 atom stereocenters. The number of ether oxygens (including phenoxy) is 1. The van der Waals surface area contributed by atoms with Gasteiger partial charge in [0.25, 0.3) is 11.6 Å². The second-order valence-corrected chi connectivity index (χ2v) is 7.80. The zero-order valence-electron chi connectivity index (χ0n) is 18.2. The molecule has 2 aromatic heterocycles. The average Bonchev–Trinajstić information content (AvgIpc) is 2.85. The Morgan fingerprint density at radius 1 is 1.03 bits per heavy atom. The number of anilines is 1. The lowest BCUT2D eigenvalue weighted by Gasteiger charge is -2.28. The van der Waals surface area contributed by atoms with E-state index < -0.39 is 34.8 Å². The number of halogens is 1. The lowest BCUT2D eigenvalue weighted by atomic mass is 9.98. The number of morpholine rings is 1. The molecule has 0 N–H and O–H groups in total. The topological polar surface area (TPSA) is 100 Å². The summed E-state index contributed by atoms with van der Waals surface area (Å²) in [5.41, 5.74) is -0.972. The van der Waals surface area contributed by atoms with Crippen LogP contribution in [-0.4, -0.2) is 41.2 Å². The fraction of sp³-hybridized carbons (Fsp3) is 0.304. The van der Waals surface area contributed by atoms with Crippen LogP contribution in [0.4, 0.5) is 10.1 Å². The van der Waals surface area contributed by atoms with Crippen molar-refractivity contribution in [2.75, 3.05) is 31.2 Å². The molecule has 0 saturated carbocycles. The molecule has 1 fully saturated rings. The van der Waals surface area contributed by atoms with E-state index in [1.54, 1.807) is 24.5 Å². The van der Waals surface area contributed by atoms with Crippen LogP contribution >= 0.6 is 0 Å². The molecular weight excluding hydrogens is 431 g/mol. The number of hydrogen-bond acceptors (Lipinski definition) is 6. The van der Waals surface area contributed by atoms with E-state index in [-0.39, 0.29) is 11.1 Å². The third-order valence-corrected chi connectivity index (χ3v) is 5.80. The molecule has 9 nitrogen and oxygen atoms in total. The number of carbonyl (C=O) groups excluding carboxylic acids is 1. The highest BCUT2D eigenvalue weighted by Crippen LogP contribution is 2.22. The Labute approximate surface area is 188 Å². The van der Waals surface area contributed by atoms with Crippen molar-refractivity contribution in [1.82, 2.24) is 9.13 Å². The highest BCUT2D eigenvalue weighted by atomic mass is 19.1. The van der Waals surface area contributed by atoms with Gasteiger partial charge in [0.05, 0.1) is 13.2 Å². The van der Waals surface area contributed by atoms with Crippen LogP contribution in [0, 0.1) is 5.82 Å². The number of hydrogen-bond donors (Lipinski definition) is 0. The molecule has 1 aliphatic heterocycles. The molecule has 1 saturated heterocycles. The number of nitrogens with zero attached hydrogens (tertiary/aromatic N) is 4. The first kappa shape index (κ1) is 22.4. The van der Waals surface area contributed by atoms with Gasteiger partial charge in [-0.15, -0.1) is 0 Å². The Balaban J connectivity index is 1.86. The van der Waals surface area contributed by atoms with Crippen molar-refractivity contribution in [1.29, 1.82) is 0 Å². The van der Waals surface area contributed by atoms with Gasteiger partial charge < -0.3 is 19.3 Å². The Bertz CT molecular complexity index is 1290. The van der Waals surface area contributed by atoms with Gasteiger partial charge in [-0.05, 0) is 30.1 Å². The molecule has 0 radical (unpaired) electrons. The maximum Gasteiger partial charge on any atom is 0.329 e. The normalized spacial score (nSPS) is 14.8. The minimum Gasteiger partial charge on any atom is -0.859 e. The second kappa shape index (κ2) is 8.99. The molecule has 0 spiro atoms. The lowest BCUT2D eigenvalue weighted by molar-refractivity contribution is -0.699. The molecule has 1 unspecified atom stereocenters. The number of benzene rings is 1. The van der Waals surface area contributed by atoms with Gasteiger partial charge in [-0.3, -0.25) is 14.2 Å². The Morgan fingerprint density at radius 2 is 1.64 bits per heavy atom. The SMILES string of the molecule is Cn1c([O-])c(C(C(=O)c2ccc(F)cc2)[n+]2ccc(N3CCOCC3)cc2)c(=O)n(C)c1=O. The first-order chi connectivity index (χ1) is 15.8. The summed E-state index contributed by atoms with van der Waals surface area (Å²) in [5, 5.41) is 13.0. The predicted octanol–water partition coefficient (Wildman–Crippen LogP) is -0.107. The van der Waals surface area contributed by atoms with Crippen LogP contribution < -0.4 is 25.8 Å². The van der Waals surface area contributed by atoms with Crippen LogP contribution in [0.15, 0.2) is 58.4 Å². The molecular formula is C23H23FN4O5. The maximum atomic E-state index is 13.5. The van der Waals surface area contributed by atoms with Crippen LogP contribution in [-0.2, 0) is 18.8 Å². The quantitative estimate of drug-likeness (QED) is 0.394. The van der Waals surface area contributed by atoms with Crippen LogP contribution in [0.1, 0.15) is 22.0 Å². The van der Waals surface area contributed by atoms with Gasteiger partial charge >= 0.3 is 5.69 Å². The Kier molecular flexibility index (Phi) is 6.10. The molecule has 10 heteroatoms. The summed E-state index contributed by atoms with van der Waals surface area (Å²) in [4.78, 5) is 40.8. The first-order valence-electron chi connectivity index (χ1n) is 10.4. The van der Waals surface area contributed by atoms with Crippen molar-refractivity contribution in [2.24, 2.45) is 14.1 Å². The molecule has 33 heavy (non-hydrogen) atoms. The van der Waals surface area contributed by atoms with E-state index in [0.717, 1.165) is 27.0 Å². The zero-order chi connectivity index (χ0) is 23.7. The summed E-state index contributed by atoms with van der Waals surface area (Å²) in [7, 11) is 2.50. The minimum atomic E-state index is -1.34. The molecule has 1 aromatic carbocycles. The van der Waals surface area contributed by atoms with E-state index in [2.05, 4.69) is 4.90 Å². The Hall–Kier alpha value is -3.79. The van der Waals surface area contributed by atoms with Crippen LogP contribution in [0.5, 0.6) is 5.88 Å². The number of carbonyl (C=O) groups is 1. The fourth-order valence-corrected chi connectivity index (χ4v) is 3.91. The minimum absolute atomic E-state index is 0.126. The predicted molar refractivity (Wildman–Crippen MR) is 115 cm³/mol. The van der Waals surface area contributed by atoms with E-state index in [1.807, 2.05) is 0 Å². The molecule has 0 amide bonds. The molecule has 0 aliphatic carbocycles. The van der Waals surface area contributed by atoms with E-state index in [4.69, 9.17) is 4.74 Å². The van der Waals surface area contributed by atoms with Crippen molar-refractivity contribution in [3.63, 3.8) is 0 Å². The van der Waals surface area contributed by atoms with Crippen molar-refractivity contribution in [3.05, 3.63) is 86.6 Å². The van der Waals surface area contributed by atoms with Crippen molar-refractivity contribution in [3.8, 4) is 5.88 Å². The zero-order valence-corrected chi connectivity index (χ0v) is 18.2.